The number of aryl methyl sites for hydroxylation is 1. The Hall–Kier alpha value is -3.48. The largest absolute Gasteiger partial charge is 0.335 e. The minimum absolute atomic E-state index is 0.0714. The number of aromatic nitrogens is 2. The van der Waals surface area contributed by atoms with Gasteiger partial charge in [-0.05, 0) is 49.9 Å². The molecule has 1 aromatic heterocycles. The fraction of sp³-hybridized carbons (Fsp3) is 0.320. The molecule has 0 bridgehead atoms. The van der Waals surface area contributed by atoms with E-state index in [0.717, 1.165) is 41.8 Å². The van der Waals surface area contributed by atoms with Gasteiger partial charge in [-0.1, -0.05) is 30.3 Å². The first-order valence-corrected chi connectivity index (χ1v) is 11.0. The zero-order valence-corrected chi connectivity index (χ0v) is 18.1. The second-order valence-corrected chi connectivity index (χ2v) is 8.39. The summed E-state index contributed by atoms with van der Waals surface area (Å²) in [6.07, 6.45) is 2.78. The molecular weight excluding hydrogens is 407 g/mol. The lowest BCUT2D eigenvalue weighted by Crippen LogP contribution is -2.51. The van der Waals surface area contributed by atoms with Crippen LogP contribution < -0.4 is 0 Å². The summed E-state index contributed by atoms with van der Waals surface area (Å²) in [6.45, 7) is 3.61. The minimum Gasteiger partial charge on any atom is -0.335 e. The number of rotatable bonds is 3. The van der Waals surface area contributed by atoms with E-state index in [1.165, 1.54) is 12.1 Å². The summed E-state index contributed by atoms with van der Waals surface area (Å²) >= 11 is 0. The van der Waals surface area contributed by atoms with Crippen LogP contribution >= 0.6 is 0 Å². The van der Waals surface area contributed by atoms with E-state index in [4.69, 9.17) is 5.10 Å². The van der Waals surface area contributed by atoms with E-state index in [1.807, 2.05) is 35.9 Å². The van der Waals surface area contributed by atoms with E-state index in [2.05, 4.69) is 0 Å². The molecule has 2 amide bonds. The first-order valence-electron chi connectivity index (χ1n) is 11.0. The van der Waals surface area contributed by atoms with Crippen molar-refractivity contribution >= 4 is 11.8 Å². The lowest BCUT2D eigenvalue weighted by atomic mass is 10.1. The average Bonchev–Trinajstić information content (AvgIpc) is 3.42. The predicted octanol–water partition coefficient (Wildman–Crippen LogP) is 3.41. The Morgan fingerprint density at radius 1 is 0.875 bits per heavy atom. The Kier molecular flexibility index (Phi) is 5.25. The number of para-hydroxylation sites is 1. The molecule has 0 atom stereocenters. The van der Waals surface area contributed by atoms with Gasteiger partial charge in [-0.15, -0.1) is 0 Å². The monoisotopic (exact) mass is 432 g/mol. The van der Waals surface area contributed by atoms with Gasteiger partial charge in [0.2, 0.25) is 0 Å². The molecule has 0 N–H and O–H groups in total. The van der Waals surface area contributed by atoms with Crippen LogP contribution in [0, 0.1) is 12.7 Å². The lowest BCUT2D eigenvalue weighted by molar-refractivity contribution is 0.0529. The number of hydrogen-bond donors (Lipinski definition) is 0. The van der Waals surface area contributed by atoms with Crippen LogP contribution in [0.5, 0.6) is 0 Å². The molecule has 2 aliphatic rings. The van der Waals surface area contributed by atoms with Crippen molar-refractivity contribution in [3.05, 3.63) is 82.4 Å². The zero-order valence-electron chi connectivity index (χ0n) is 18.1. The van der Waals surface area contributed by atoms with E-state index >= 15 is 0 Å². The van der Waals surface area contributed by atoms with Crippen LogP contribution in [0.3, 0.4) is 0 Å². The maximum atomic E-state index is 14.0. The standard InChI is InChI=1S/C25H25FN4O2/c1-17-7-2-5-11-21(17)30-22-12-6-9-19(22)23(27-30)25(32)29-15-13-28(14-16-29)24(31)18-8-3-4-10-20(18)26/h2-5,7-8,10-11H,6,9,12-16H2,1H3. The van der Waals surface area contributed by atoms with Gasteiger partial charge < -0.3 is 9.80 Å². The van der Waals surface area contributed by atoms with Gasteiger partial charge in [0.25, 0.3) is 11.8 Å². The number of nitrogens with zero attached hydrogens (tertiary/aromatic N) is 4. The second kappa shape index (κ2) is 8.22. The summed E-state index contributed by atoms with van der Waals surface area (Å²) in [5.74, 6) is -0.943. The van der Waals surface area contributed by atoms with Crippen molar-refractivity contribution in [2.24, 2.45) is 0 Å². The number of fused-ring (bicyclic) bond motifs is 1. The highest BCUT2D eigenvalue weighted by Gasteiger charge is 2.32. The van der Waals surface area contributed by atoms with Crippen LogP contribution in [0.2, 0.25) is 0 Å². The lowest BCUT2D eigenvalue weighted by Gasteiger charge is -2.34. The van der Waals surface area contributed by atoms with Crippen LogP contribution in [0.25, 0.3) is 5.69 Å². The summed E-state index contributed by atoms with van der Waals surface area (Å²) in [6, 6.07) is 14.1. The number of benzene rings is 2. The first-order chi connectivity index (χ1) is 15.5. The second-order valence-electron chi connectivity index (χ2n) is 8.39. The molecule has 2 aromatic carbocycles. The Labute approximate surface area is 186 Å². The normalized spacial score (nSPS) is 15.7. The van der Waals surface area contributed by atoms with Gasteiger partial charge in [0, 0.05) is 37.4 Å². The molecule has 6 nitrogen and oxygen atoms in total. The highest BCUT2D eigenvalue weighted by atomic mass is 19.1. The minimum atomic E-state index is -0.520. The van der Waals surface area contributed by atoms with E-state index in [1.54, 1.807) is 21.9 Å². The maximum Gasteiger partial charge on any atom is 0.274 e. The van der Waals surface area contributed by atoms with Crippen molar-refractivity contribution in [2.75, 3.05) is 26.2 Å². The number of halogens is 1. The van der Waals surface area contributed by atoms with Crippen LogP contribution in [-0.4, -0.2) is 57.6 Å². The van der Waals surface area contributed by atoms with Crippen molar-refractivity contribution in [1.29, 1.82) is 0 Å². The Balaban J connectivity index is 1.34. The molecule has 0 saturated carbocycles. The average molecular weight is 432 g/mol. The third-order valence-corrected chi connectivity index (χ3v) is 6.43. The van der Waals surface area contributed by atoms with Gasteiger partial charge in [0.15, 0.2) is 5.69 Å². The zero-order chi connectivity index (χ0) is 22.2. The molecule has 0 spiro atoms. The quantitative estimate of drug-likeness (QED) is 0.637. The van der Waals surface area contributed by atoms with Crippen LogP contribution in [0.1, 0.15) is 44.1 Å². The first kappa shape index (κ1) is 20.4. The van der Waals surface area contributed by atoms with Gasteiger partial charge in [-0.25, -0.2) is 9.07 Å². The van der Waals surface area contributed by atoms with Crippen LogP contribution in [-0.2, 0) is 12.8 Å². The van der Waals surface area contributed by atoms with Gasteiger partial charge in [0.05, 0.1) is 11.3 Å². The number of carbonyl (C=O) groups is 2. The summed E-state index contributed by atoms with van der Waals surface area (Å²) in [7, 11) is 0. The molecule has 1 aliphatic carbocycles. The fourth-order valence-electron chi connectivity index (χ4n) is 4.68. The maximum absolute atomic E-state index is 14.0. The van der Waals surface area contributed by atoms with Crippen molar-refractivity contribution in [1.82, 2.24) is 19.6 Å². The van der Waals surface area contributed by atoms with Gasteiger partial charge >= 0.3 is 0 Å². The summed E-state index contributed by atoms with van der Waals surface area (Å²) in [5, 5.41) is 4.75. The molecule has 32 heavy (non-hydrogen) atoms. The molecule has 164 valence electrons. The van der Waals surface area contributed by atoms with Crippen molar-refractivity contribution in [3.63, 3.8) is 0 Å². The van der Waals surface area contributed by atoms with Gasteiger partial charge in [-0.2, -0.15) is 5.10 Å². The van der Waals surface area contributed by atoms with Crippen molar-refractivity contribution in [2.45, 2.75) is 26.2 Å². The molecule has 0 unspecified atom stereocenters. The molecular formula is C25H25FN4O2. The summed E-state index contributed by atoms with van der Waals surface area (Å²) in [4.78, 5) is 29.4. The Bertz CT molecular complexity index is 1190. The molecule has 7 heteroatoms. The van der Waals surface area contributed by atoms with Gasteiger partial charge in [0.1, 0.15) is 5.82 Å². The van der Waals surface area contributed by atoms with Crippen molar-refractivity contribution < 1.29 is 14.0 Å². The van der Waals surface area contributed by atoms with Crippen LogP contribution in [0.15, 0.2) is 48.5 Å². The van der Waals surface area contributed by atoms with E-state index in [9.17, 15) is 14.0 Å². The summed E-state index contributed by atoms with van der Waals surface area (Å²) < 4.78 is 15.9. The Morgan fingerprint density at radius 3 is 2.25 bits per heavy atom. The third-order valence-electron chi connectivity index (χ3n) is 6.43. The van der Waals surface area contributed by atoms with Gasteiger partial charge in [-0.3, -0.25) is 9.59 Å². The molecule has 1 aliphatic heterocycles. The van der Waals surface area contributed by atoms with Crippen LogP contribution in [0.4, 0.5) is 4.39 Å². The molecule has 1 saturated heterocycles. The molecule has 1 fully saturated rings. The number of hydrogen-bond acceptors (Lipinski definition) is 3. The van der Waals surface area contributed by atoms with Crippen molar-refractivity contribution in [3.8, 4) is 5.69 Å². The summed E-state index contributed by atoms with van der Waals surface area (Å²) in [5.41, 5.74) is 4.88. The van der Waals surface area contributed by atoms with E-state index in [0.29, 0.717) is 31.9 Å². The van der Waals surface area contributed by atoms with E-state index in [-0.39, 0.29) is 17.4 Å². The number of piperazine rings is 1. The highest BCUT2D eigenvalue weighted by Crippen LogP contribution is 2.29. The SMILES string of the molecule is Cc1ccccc1-n1nc(C(=O)N2CCN(C(=O)c3ccccc3F)CC2)c2c1CCC2. The molecule has 3 aromatic rings. The molecule has 0 radical (unpaired) electrons. The predicted molar refractivity (Wildman–Crippen MR) is 119 cm³/mol. The highest BCUT2D eigenvalue weighted by molar-refractivity contribution is 5.96. The van der Waals surface area contributed by atoms with E-state index < -0.39 is 5.82 Å². The Morgan fingerprint density at radius 2 is 1.53 bits per heavy atom. The topological polar surface area (TPSA) is 58.4 Å². The third kappa shape index (κ3) is 3.47. The smallest absolute Gasteiger partial charge is 0.274 e. The fourth-order valence-corrected chi connectivity index (χ4v) is 4.68. The number of carbonyl (C=O) groups excluding carboxylic acids is 2. The number of amides is 2. The molecule has 5 rings (SSSR count). The molecule has 2 heterocycles.